The van der Waals surface area contributed by atoms with Crippen LogP contribution in [0.2, 0.25) is 0 Å². The largest absolute Gasteiger partial charge is 0.465 e. The van der Waals surface area contributed by atoms with Crippen LogP contribution in [0.25, 0.3) is 0 Å². The molecule has 0 radical (unpaired) electrons. The minimum absolute atomic E-state index is 0.0340. The molecule has 29 heavy (non-hydrogen) atoms. The molecule has 10 heteroatoms. The maximum Gasteiger partial charge on any atom is 0.337 e. The van der Waals surface area contributed by atoms with Crippen molar-refractivity contribution in [2.75, 3.05) is 32.1 Å². The number of carbonyl (C=O) groups is 3. The zero-order chi connectivity index (χ0) is 21.0. The van der Waals surface area contributed by atoms with Gasteiger partial charge in [-0.1, -0.05) is 12.1 Å². The van der Waals surface area contributed by atoms with E-state index in [2.05, 4.69) is 15.4 Å². The lowest BCUT2D eigenvalue weighted by molar-refractivity contribution is -0.122. The van der Waals surface area contributed by atoms with E-state index in [1.807, 2.05) is 0 Å². The van der Waals surface area contributed by atoms with Crippen LogP contribution in [0.3, 0.4) is 0 Å². The summed E-state index contributed by atoms with van der Waals surface area (Å²) in [5.74, 6) is -1.45. The number of anilines is 1. The van der Waals surface area contributed by atoms with Crippen molar-refractivity contribution >= 4 is 33.5 Å². The molecule has 2 amide bonds. The van der Waals surface area contributed by atoms with E-state index in [1.54, 1.807) is 12.1 Å². The van der Waals surface area contributed by atoms with Gasteiger partial charge in [0.1, 0.15) is 0 Å². The Hall–Kier alpha value is -3.24. The summed E-state index contributed by atoms with van der Waals surface area (Å²) in [5.41, 5.74) is 0.703. The topological polar surface area (TPSA) is 122 Å². The SMILES string of the molecule is COC(=O)c1cccc(C(=O)Nc2cccc(S(=O)(=O)N3CCNC(=O)C3)c2)c1. The molecule has 0 aromatic heterocycles. The maximum absolute atomic E-state index is 12.8. The first-order valence-electron chi connectivity index (χ1n) is 8.68. The first kappa shape index (κ1) is 20.5. The fraction of sp³-hybridized carbons (Fsp3) is 0.211. The van der Waals surface area contributed by atoms with Gasteiger partial charge in [0, 0.05) is 24.3 Å². The Morgan fingerprint density at radius 2 is 1.83 bits per heavy atom. The Labute approximate surface area is 167 Å². The number of esters is 1. The number of amides is 2. The van der Waals surface area contributed by atoms with Crippen LogP contribution in [0.15, 0.2) is 53.4 Å². The van der Waals surface area contributed by atoms with E-state index in [0.29, 0.717) is 0 Å². The van der Waals surface area contributed by atoms with Crippen LogP contribution in [-0.2, 0) is 19.6 Å². The zero-order valence-electron chi connectivity index (χ0n) is 15.5. The molecule has 0 saturated carbocycles. The Kier molecular flexibility index (Phi) is 5.95. The van der Waals surface area contributed by atoms with Crippen LogP contribution < -0.4 is 10.6 Å². The Morgan fingerprint density at radius 3 is 2.55 bits per heavy atom. The van der Waals surface area contributed by atoms with Crippen molar-refractivity contribution in [1.82, 2.24) is 9.62 Å². The molecule has 0 unspecified atom stereocenters. The quantitative estimate of drug-likeness (QED) is 0.696. The second-order valence-electron chi connectivity index (χ2n) is 6.24. The van der Waals surface area contributed by atoms with Gasteiger partial charge in [-0.25, -0.2) is 13.2 Å². The van der Waals surface area contributed by atoms with Crippen LogP contribution in [0.1, 0.15) is 20.7 Å². The first-order valence-corrected chi connectivity index (χ1v) is 10.1. The van der Waals surface area contributed by atoms with Crippen LogP contribution in [0.5, 0.6) is 0 Å². The monoisotopic (exact) mass is 417 g/mol. The number of benzene rings is 2. The second kappa shape index (κ2) is 8.41. The van der Waals surface area contributed by atoms with Gasteiger partial charge < -0.3 is 15.4 Å². The number of nitrogens with one attached hydrogen (secondary N) is 2. The van der Waals surface area contributed by atoms with E-state index < -0.39 is 21.9 Å². The number of carbonyl (C=O) groups excluding carboxylic acids is 3. The molecule has 2 N–H and O–H groups in total. The van der Waals surface area contributed by atoms with Crippen molar-refractivity contribution in [2.45, 2.75) is 4.90 Å². The second-order valence-corrected chi connectivity index (χ2v) is 8.18. The molecule has 152 valence electrons. The lowest BCUT2D eigenvalue weighted by atomic mass is 10.1. The molecule has 1 saturated heterocycles. The summed E-state index contributed by atoms with van der Waals surface area (Å²) >= 11 is 0. The van der Waals surface area contributed by atoms with Gasteiger partial charge in [0.15, 0.2) is 0 Å². The third-order valence-corrected chi connectivity index (χ3v) is 6.12. The van der Waals surface area contributed by atoms with Gasteiger partial charge in [-0.05, 0) is 36.4 Å². The first-order chi connectivity index (χ1) is 13.8. The summed E-state index contributed by atoms with van der Waals surface area (Å²) in [5, 5.41) is 5.19. The third kappa shape index (κ3) is 4.61. The van der Waals surface area contributed by atoms with Crippen LogP contribution in [-0.4, -0.2) is 57.3 Å². The summed E-state index contributed by atoms with van der Waals surface area (Å²) in [7, 11) is -2.64. The summed E-state index contributed by atoms with van der Waals surface area (Å²) in [6.45, 7) is 0.162. The highest BCUT2D eigenvalue weighted by Crippen LogP contribution is 2.21. The Bertz CT molecular complexity index is 1070. The van der Waals surface area contributed by atoms with E-state index >= 15 is 0 Å². The normalized spacial score (nSPS) is 14.7. The third-order valence-electron chi connectivity index (χ3n) is 4.28. The average Bonchev–Trinajstić information content (AvgIpc) is 2.73. The minimum atomic E-state index is -3.88. The molecule has 0 bridgehead atoms. The number of rotatable bonds is 5. The number of hydrogen-bond donors (Lipinski definition) is 2. The standard InChI is InChI=1S/C19H19N3O6S/c1-28-19(25)14-5-2-4-13(10-14)18(24)21-15-6-3-7-16(11-15)29(26,27)22-9-8-20-17(23)12-22/h2-7,10-11H,8-9,12H2,1H3,(H,20,23)(H,21,24). The number of ether oxygens (including phenoxy) is 1. The number of piperazine rings is 1. The van der Waals surface area contributed by atoms with Crippen molar-refractivity contribution in [3.05, 3.63) is 59.7 Å². The molecule has 0 spiro atoms. The molecule has 9 nitrogen and oxygen atoms in total. The molecule has 2 aromatic carbocycles. The fourth-order valence-corrected chi connectivity index (χ4v) is 4.26. The van der Waals surface area contributed by atoms with Crippen LogP contribution >= 0.6 is 0 Å². The summed E-state index contributed by atoms with van der Waals surface area (Å²) in [6.07, 6.45) is 0. The molecule has 3 rings (SSSR count). The van der Waals surface area contributed by atoms with Crippen molar-refractivity contribution in [2.24, 2.45) is 0 Å². The molecule has 1 aliphatic heterocycles. The summed E-state index contributed by atoms with van der Waals surface area (Å²) < 4.78 is 31.3. The van der Waals surface area contributed by atoms with Gasteiger partial charge >= 0.3 is 5.97 Å². The lowest BCUT2D eigenvalue weighted by Crippen LogP contribution is -2.49. The van der Waals surface area contributed by atoms with Crippen molar-refractivity contribution < 1.29 is 27.5 Å². The molecule has 1 aliphatic rings. The lowest BCUT2D eigenvalue weighted by Gasteiger charge is -2.26. The van der Waals surface area contributed by atoms with Gasteiger partial charge in [-0.3, -0.25) is 9.59 Å². The zero-order valence-corrected chi connectivity index (χ0v) is 16.4. The highest BCUT2D eigenvalue weighted by atomic mass is 32.2. The smallest absolute Gasteiger partial charge is 0.337 e. The fourth-order valence-electron chi connectivity index (χ4n) is 2.81. The van der Waals surface area contributed by atoms with E-state index in [9.17, 15) is 22.8 Å². The van der Waals surface area contributed by atoms with Gasteiger partial charge in [0.05, 0.1) is 24.1 Å². The predicted molar refractivity (Wildman–Crippen MR) is 104 cm³/mol. The molecule has 1 fully saturated rings. The van der Waals surface area contributed by atoms with Gasteiger partial charge in [0.25, 0.3) is 5.91 Å². The number of methoxy groups -OCH3 is 1. The molecule has 1 heterocycles. The van der Waals surface area contributed by atoms with Crippen molar-refractivity contribution in [3.63, 3.8) is 0 Å². The number of sulfonamides is 1. The Morgan fingerprint density at radius 1 is 1.10 bits per heavy atom. The summed E-state index contributed by atoms with van der Waals surface area (Å²) in [4.78, 5) is 35.6. The van der Waals surface area contributed by atoms with Crippen LogP contribution in [0, 0.1) is 0 Å². The molecule has 2 aromatic rings. The summed E-state index contributed by atoms with van der Waals surface area (Å²) in [6, 6.07) is 11.7. The van der Waals surface area contributed by atoms with Gasteiger partial charge in [0.2, 0.25) is 15.9 Å². The van der Waals surface area contributed by atoms with E-state index in [4.69, 9.17) is 0 Å². The van der Waals surface area contributed by atoms with E-state index in [-0.39, 0.29) is 47.3 Å². The molecule has 0 aliphatic carbocycles. The predicted octanol–water partition coefficient (Wildman–Crippen LogP) is 0.846. The minimum Gasteiger partial charge on any atom is -0.465 e. The Balaban J connectivity index is 1.80. The highest BCUT2D eigenvalue weighted by molar-refractivity contribution is 7.89. The average molecular weight is 417 g/mol. The van der Waals surface area contributed by atoms with E-state index in [0.717, 1.165) is 4.31 Å². The number of hydrogen-bond acceptors (Lipinski definition) is 6. The van der Waals surface area contributed by atoms with Crippen molar-refractivity contribution in [1.29, 1.82) is 0 Å². The molecule has 0 atom stereocenters. The molecular weight excluding hydrogens is 398 g/mol. The van der Waals surface area contributed by atoms with Gasteiger partial charge in [-0.15, -0.1) is 0 Å². The number of nitrogens with zero attached hydrogens (tertiary/aromatic N) is 1. The van der Waals surface area contributed by atoms with E-state index in [1.165, 1.54) is 43.5 Å². The maximum atomic E-state index is 12.8. The highest BCUT2D eigenvalue weighted by Gasteiger charge is 2.29. The van der Waals surface area contributed by atoms with Gasteiger partial charge in [-0.2, -0.15) is 4.31 Å². The van der Waals surface area contributed by atoms with Crippen molar-refractivity contribution in [3.8, 4) is 0 Å². The molecular formula is C19H19N3O6S. The van der Waals surface area contributed by atoms with Crippen LogP contribution in [0.4, 0.5) is 5.69 Å².